The average Bonchev–Trinajstić information content (AvgIpc) is 3.60. The molecule has 0 unspecified atom stereocenters. The fourth-order valence-corrected chi connectivity index (χ4v) is 7.96. The summed E-state index contributed by atoms with van der Waals surface area (Å²) in [6.45, 7) is 21.3. The summed E-state index contributed by atoms with van der Waals surface area (Å²) in [6.07, 6.45) is 1.89. The van der Waals surface area contributed by atoms with Crippen molar-refractivity contribution < 1.29 is 6.48 Å². The molecule has 8 aromatic rings. The van der Waals surface area contributed by atoms with Crippen molar-refractivity contribution in [1.82, 2.24) is 14.5 Å². The van der Waals surface area contributed by atoms with Gasteiger partial charge in [0, 0.05) is 24.3 Å². The number of pyridine rings is 1. The molecule has 296 valence electrons. The lowest BCUT2D eigenvalue weighted by Gasteiger charge is -2.22. The molecule has 0 fully saturated rings. The van der Waals surface area contributed by atoms with Gasteiger partial charge >= 0.3 is 0 Å². The van der Waals surface area contributed by atoms with Gasteiger partial charge in [-0.3, -0.25) is 9.55 Å². The first-order valence-corrected chi connectivity index (χ1v) is 20.6. The van der Waals surface area contributed by atoms with Crippen LogP contribution in [0.15, 0.2) is 140 Å². The molecule has 8 rings (SSSR count). The summed E-state index contributed by atoms with van der Waals surface area (Å²) in [5, 5.41) is 11.9. The van der Waals surface area contributed by atoms with Crippen molar-refractivity contribution in [1.29, 1.82) is 0 Å². The smallest absolute Gasteiger partial charge is 0.149 e. The number of hydrogen-bond acceptors (Lipinski definition) is 3. The quantitative estimate of drug-likeness (QED) is 0.175. The van der Waals surface area contributed by atoms with E-state index in [4.69, 9.17) is 11.3 Å². The predicted octanol–water partition coefficient (Wildman–Crippen LogP) is 14.8. The van der Waals surface area contributed by atoms with E-state index in [0.29, 0.717) is 11.4 Å². The molecule has 6 aromatic carbocycles. The van der Waals surface area contributed by atoms with Crippen LogP contribution < -0.4 is 0 Å². The van der Waals surface area contributed by atoms with E-state index in [-0.39, 0.29) is 16.6 Å². The van der Waals surface area contributed by atoms with Crippen LogP contribution in [0.2, 0.25) is 0 Å². The Labute approximate surface area is 351 Å². The maximum absolute atomic E-state index is 11.9. The molecule has 0 aliphatic carbocycles. The lowest BCUT2D eigenvalue weighted by molar-refractivity contribution is 0.471. The standard InChI is InChI=1S/C55H55N3O/c1-34(2)37-20-22-38(23-21-37)40-25-26-56-48(32-40)42-29-41(30-44(31-42)55(8,9)10)45-17-14-18-50-51(45)57-53(47-33-43(54(5,6)7)28-36(4)52(47)59)58(50)49-24-19-35(3)27-46(49)39-15-12-11-13-16-39/h11-34,59H,1-10H3/i34D. The van der Waals surface area contributed by atoms with Crippen LogP contribution in [0.25, 0.3) is 72.7 Å². The van der Waals surface area contributed by atoms with Gasteiger partial charge in [0.2, 0.25) is 0 Å². The number of rotatable bonds is 7. The fraction of sp³-hybridized carbons (Fsp3) is 0.236. The number of imidazole rings is 1. The lowest BCUT2D eigenvalue weighted by Crippen LogP contribution is -2.12. The van der Waals surface area contributed by atoms with Crippen LogP contribution >= 0.6 is 0 Å². The normalized spacial score (nSPS) is 12.5. The van der Waals surface area contributed by atoms with Gasteiger partial charge in [0.25, 0.3) is 0 Å². The molecule has 4 heteroatoms. The highest BCUT2D eigenvalue weighted by Gasteiger charge is 2.26. The average molecular weight is 775 g/mol. The van der Waals surface area contributed by atoms with Gasteiger partial charge in [-0.25, -0.2) is 4.98 Å². The van der Waals surface area contributed by atoms with Crippen molar-refractivity contribution in [2.45, 2.75) is 86.0 Å². The maximum atomic E-state index is 11.9. The molecule has 0 saturated heterocycles. The highest BCUT2D eigenvalue weighted by Crippen LogP contribution is 2.43. The van der Waals surface area contributed by atoms with Gasteiger partial charge in [-0.2, -0.15) is 0 Å². The number of aromatic nitrogens is 3. The van der Waals surface area contributed by atoms with Crippen LogP contribution in [0.4, 0.5) is 0 Å². The number of nitrogens with zero attached hydrogens (tertiary/aromatic N) is 3. The van der Waals surface area contributed by atoms with Crippen molar-refractivity contribution in [2.75, 3.05) is 0 Å². The van der Waals surface area contributed by atoms with E-state index in [1.807, 2.05) is 39.1 Å². The van der Waals surface area contributed by atoms with E-state index < -0.39 is 5.89 Å². The number of aryl methyl sites for hydroxylation is 2. The molecular formula is C55H55N3O. The SMILES string of the molecule is [2H]C(C)(C)c1ccc(-c2ccnc(-c3cc(-c4cccc5c4nc(-c4cc(C(C)(C)C)cc(C)c4O)n5-c4ccc(C)cc4-c4ccccc4)cc(C(C)(C)C)c3)c2)cc1. The largest absolute Gasteiger partial charge is 0.507 e. The molecule has 0 spiro atoms. The third-order valence-electron chi connectivity index (χ3n) is 11.5. The number of para-hydroxylation sites is 1. The van der Waals surface area contributed by atoms with Gasteiger partial charge in [-0.05, 0) is 124 Å². The Morgan fingerprint density at radius 2 is 1.29 bits per heavy atom. The summed E-state index contributed by atoms with van der Waals surface area (Å²) in [6, 6.07) is 47.1. The monoisotopic (exact) mass is 774 g/mol. The van der Waals surface area contributed by atoms with E-state index in [9.17, 15) is 5.11 Å². The Bertz CT molecular complexity index is 2880. The van der Waals surface area contributed by atoms with Crippen LogP contribution in [-0.4, -0.2) is 19.6 Å². The number of hydrogen-bond donors (Lipinski definition) is 1. The van der Waals surface area contributed by atoms with E-state index in [1.165, 1.54) is 5.56 Å². The Hall–Kier alpha value is -6.26. The highest BCUT2D eigenvalue weighted by molar-refractivity contribution is 5.98. The molecule has 1 N–H and O–H groups in total. The number of phenols is 1. The molecule has 0 atom stereocenters. The van der Waals surface area contributed by atoms with E-state index >= 15 is 0 Å². The molecule has 59 heavy (non-hydrogen) atoms. The third kappa shape index (κ3) is 7.72. The minimum absolute atomic E-state index is 0.147. The van der Waals surface area contributed by atoms with Crippen LogP contribution in [0.1, 0.15) is 90.5 Å². The van der Waals surface area contributed by atoms with Crippen molar-refractivity contribution in [3.05, 3.63) is 167 Å². The van der Waals surface area contributed by atoms with Crippen LogP contribution in [0.3, 0.4) is 0 Å². The van der Waals surface area contributed by atoms with Gasteiger partial charge in [-0.1, -0.05) is 146 Å². The van der Waals surface area contributed by atoms with Gasteiger partial charge < -0.3 is 5.11 Å². The zero-order chi connectivity index (χ0) is 42.7. The Morgan fingerprint density at radius 1 is 0.593 bits per heavy atom. The second-order valence-electron chi connectivity index (χ2n) is 18.3. The molecular weight excluding hydrogens is 719 g/mol. The molecule has 0 aliphatic heterocycles. The fourth-order valence-electron chi connectivity index (χ4n) is 7.96. The second kappa shape index (κ2) is 15.2. The zero-order valence-electron chi connectivity index (χ0n) is 37.1. The predicted molar refractivity (Wildman–Crippen MR) is 249 cm³/mol. The van der Waals surface area contributed by atoms with Gasteiger partial charge in [0.1, 0.15) is 11.6 Å². The molecule has 2 heterocycles. The summed E-state index contributed by atoms with van der Waals surface area (Å²) < 4.78 is 10.7. The first-order chi connectivity index (χ1) is 28.4. The van der Waals surface area contributed by atoms with E-state index in [1.54, 1.807) is 0 Å². The topological polar surface area (TPSA) is 50.9 Å². The Balaban J connectivity index is 1.38. The minimum atomic E-state index is -0.661. The number of fused-ring (bicyclic) bond motifs is 1. The van der Waals surface area contributed by atoms with Crippen molar-refractivity contribution in [3.8, 4) is 67.5 Å². The van der Waals surface area contributed by atoms with Crippen LogP contribution in [0.5, 0.6) is 5.75 Å². The van der Waals surface area contributed by atoms with Gasteiger partial charge in [0.05, 0.1) is 28.0 Å². The van der Waals surface area contributed by atoms with Crippen molar-refractivity contribution in [3.63, 3.8) is 0 Å². The molecule has 0 amide bonds. The molecule has 2 aromatic heterocycles. The molecule has 0 aliphatic rings. The van der Waals surface area contributed by atoms with Gasteiger partial charge in [-0.15, -0.1) is 0 Å². The summed E-state index contributed by atoms with van der Waals surface area (Å²) in [5.74, 6) is 0.257. The maximum Gasteiger partial charge on any atom is 0.149 e. The van der Waals surface area contributed by atoms with E-state index in [0.717, 1.165) is 83.6 Å². The Kier molecular flexibility index (Phi) is 9.83. The minimum Gasteiger partial charge on any atom is -0.507 e. The molecule has 0 saturated carbocycles. The number of aromatic hydroxyl groups is 1. The molecule has 4 nitrogen and oxygen atoms in total. The first-order valence-electron chi connectivity index (χ1n) is 21.1. The van der Waals surface area contributed by atoms with Crippen molar-refractivity contribution in [2.24, 2.45) is 0 Å². The third-order valence-corrected chi connectivity index (χ3v) is 11.5. The summed E-state index contributed by atoms with van der Waals surface area (Å²) >= 11 is 0. The Morgan fingerprint density at radius 3 is 1.98 bits per heavy atom. The number of benzene rings is 6. The zero-order valence-corrected chi connectivity index (χ0v) is 36.1. The number of phenolic OH excluding ortho intramolecular Hbond substituents is 1. The van der Waals surface area contributed by atoms with E-state index in [2.05, 4.69) is 174 Å². The van der Waals surface area contributed by atoms with Crippen molar-refractivity contribution >= 4 is 11.0 Å². The first kappa shape index (κ1) is 38.3. The van der Waals surface area contributed by atoms with Gasteiger partial charge in [0.15, 0.2) is 0 Å². The lowest BCUT2D eigenvalue weighted by atomic mass is 9.83. The van der Waals surface area contributed by atoms with Crippen LogP contribution in [-0.2, 0) is 10.8 Å². The second-order valence-corrected chi connectivity index (χ2v) is 18.3. The summed E-state index contributed by atoms with van der Waals surface area (Å²) in [4.78, 5) is 10.5. The highest BCUT2D eigenvalue weighted by atomic mass is 16.3. The summed E-state index contributed by atoms with van der Waals surface area (Å²) in [7, 11) is 0. The molecule has 0 bridgehead atoms. The summed E-state index contributed by atoms with van der Waals surface area (Å²) in [5.41, 5.74) is 16.8. The molecule has 0 radical (unpaired) electrons. The van der Waals surface area contributed by atoms with Crippen LogP contribution in [0, 0.1) is 13.8 Å².